The molecule has 1 aromatic carbocycles. The number of aliphatic hydroxyl groups is 1. The Morgan fingerprint density at radius 2 is 2.09 bits per heavy atom. The van der Waals surface area contributed by atoms with Crippen LogP contribution >= 0.6 is 11.3 Å². The molecular weight excluding hydrogens is 303 g/mol. The Morgan fingerprint density at radius 1 is 1.41 bits per heavy atom. The van der Waals surface area contributed by atoms with Crippen LogP contribution in [0.3, 0.4) is 0 Å². The Balaban J connectivity index is 1.74. The summed E-state index contributed by atoms with van der Waals surface area (Å²) in [5, 5.41) is 13.5. The normalized spacial score (nSPS) is 16.1. The van der Waals surface area contributed by atoms with Gasteiger partial charge in [0.05, 0.1) is 11.3 Å². The highest BCUT2D eigenvalue weighted by atomic mass is 32.1. The lowest BCUT2D eigenvalue weighted by Crippen LogP contribution is -2.47. The third-order valence-electron chi connectivity index (χ3n) is 3.96. The van der Waals surface area contributed by atoms with Crippen molar-refractivity contribution >= 4 is 17.2 Å². The second-order valence-corrected chi connectivity index (χ2v) is 6.70. The zero-order valence-electron chi connectivity index (χ0n) is 12.2. The van der Waals surface area contributed by atoms with E-state index < -0.39 is 5.60 Å². The van der Waals surface area contributed by atoms with Crippen LogP contribution in [-0.2, 0) is 0 Å². The minimum Gasteiger partial charge on any atom is -0.388 e. The van der Waals surface area contributed by atoms with E-state index in [2.05, 4.69) is 10.3 Å². The molecule has 1 aliphatic carbocycles. The second-order valence-electron chi connectivity index (χ2n) is 5.70. The molecule has 0 radical (unpaired) electrons. The predicted octanol–water partition coefficient (Wildman–Crippen LogP) is 2.90. The first-order valence-corrected chi connectivity index (χ1v) is 8.02. The summed E-state index contributed by atoms with van der Waals surface area (Å²) in [6, 6.07) is 6.04. The van der Waals surface area contributed by atoms with Gasteiger partial charge in [-0.05, 0) is 50.5 Å². The van der Waals surface area contributed by atoms with E-state index in [1.54, 1.807) is 19.1 Å². The number of nitrogens with zero attached hydrogens (tertiary/aromatic N) is 1. The summed E-state index contributed by atoms with van der Waals surface area (Å²) in [6.45, 7) is 2.05. The SMILES string of the molecule is Cc1nc(-c2ccc(F)cc2)sc1C(=O)NCC1(O)CCC1. The minimum atomic E-state index is -0.742. The number of carbonyl (C=O) groups excluding carboxylic acids is 1. The molecule has 2 aromatic rings. The number of amides is 1. The number of rotatable bonds is 4. The van der Waals surface area contributed by atoms with E-state index >= 15 is 0 Å². The van der Waals surface area contributed by atoms with Gasteiger partial charge < -0.3 is 10.4 Å². The average Bonchev–Trinajstić information content (AvgIpc) is 2.85. The molecule has 0 unspecified atom stereocenters. The van der Waals surface area contributed by atoms with Gasteiger partial charge in [0, 0.05) is 12.1 Å². The van der Waals surface area contributed by atoms with Crippen LogP contribution in [0.2, 0.25) is 0 Å². The van der Waals surface area contributed by atoms with Gasteiger partial charge >= 0.3 is 0 Å². The van der Waals surface area contributed by atoms with Crippen LogP contribution in [0, 0.1) is 12.7 Å². The number of thiazole rings is 1. The van der Waals surface area contributed by atoms with Crippen molar-refractivity contribution < 1.29 is 14.3 Å². The molecule has 0 saturated heterocycles. The molecule has 3 rings (SSSR count). The van der Waals surface area contributed by atoms with E-state index in [1.165, 1.54) is 23.5 Å². The highest BCUT2D eigenvalue weighted by Gasteiger charge is 2.34. The van der Waals surface area contributed by atoms with Gasteiger partial charge in [-0.2, -0.15) is 0 Å². The van der Waals surface area contributed by atoms with Gasteiger partial charge in [-0.25, -0.2) is 9.37 Å². The predicted molar refractivity (Wildman–Crippen MR) is 83.4 cm³/mol. The minimum absolute atomic E-state index is 0.219. The summed E-state index contributed by atoms with van der Waals surface area (Å²) < 4.78 is 13.0. The standard InChI is InChI=1S/C16H17FN2O2S/c1-10-13(14(20)18-9-16(21)7-2-8-16)22-15(19-10)11-3-5-12(17)6-4-11/h3-6,21H,2,7-9H2,1H3,(H,18,20). The van der Waals surface area contributed by atoms with Crippen LogP contribution in [0.1, 0.15) is 34.6 Å². The Labute approximate surface area is 132 Å². The summed E-state index contributed by atoms with van der Waals surface area (Å²) in [6.07, 6.45) is 2.46. The highest BCUT2D eigenvalue weighted by Crippen LogP contribution is 2.31. The van der Waals surface area contributed by atoms with Crippen LogP contribution in [0.25, 0.3) is 10.6 Å². The Morgan fingerprint density at radius 3 is 2.68 bits per heavy atom. The van der Waals surface area contributed by atoms with Crippen molar-refractivity contribution in [1.82, 2.24) is 10.3 Å². The van der Waals surface area contributed by atoms with Gasteiger partial charge in [0.25, 0.3) is 5.91 Å². The van der Waals surface area contributed by atoms with E-state index in [0.717, 1.165) is 24.8 Å². The van der Waals surface area contributed by atoms with Crippen molar-refractivity contribution in [3.05, 3.63) is 40.7 Å². The quantitative estimate of drug-likeness (QED) is 0.910. The smallest absolute Gasteiger partial charge is 0.263 e. The summed E-state index contributed by atoms with van der Waals surface area (Å²) in [5.41, 5.74) is 0.683. The zero-order chi connectivity index (χ0) is 15.7. The lowest BCUT2D eigenvalue weighted by molar-refractivity contribution is -0.0300. The van der Waals surface area contributed by atoms with Gasteiger partial charge in [0.2, 0.25) is 0 Å². The van der Waals surface area contributed by atoms with E-state index in [1.807, 2.05) is 0 Å². The molecule has 6 heteroatoms. The topological polar surface area (TPSA) is 62.2 Å². The molecule has 0 spiro atoms. The Hall–Kier alpha value is -1.79. The molecular formula is C16H17FN2O2S. The largest absolute Gasteiger partial charge is 0.388 e. The van der Waals surface area contributed by atoms with E-state index in [-0.39, 0.29) is 18.3 Å². The van der Waals surface area contributed by atoms with Crippen molar-refractivity contribution in [2.75, 3.05) is 6.54 Å². The maximum absolute atomic E-state index is 13.0. The van der Waals surface area contributed by atoms with Crippen LogP contribution < -0.4 is 5.32 Å². The van der Waals surface area contributed by atoms with Gasteiger partial charge in [0.15, 0.2) is 0 Å². The fraction of sp³-hybridized carbons (Fsp3) is 0.375. The lowest BCUT2D eigenvalue weighted by Gasteiger charge is -2.36. The highest BCUT2D eigenvalue weighted by molar-refractivity contribution is 7.17. The molecule has 1 saturated carbocycles. The number of aromatic nitrogens is 1. The van der Waals surface area contributed by atoms with Crippen molar-refractivity contribution in [1.29, 1.82) is 0 Å². The molecule has 22 heavy (non-hydrogen) atoms. The van der Waals surface area contributed by atoms with E-state index in [9.17, 15) is 14.3 Å². The third-order valence-corrected chi connectivity index (χ3v) is 5.16. The molecule has 1 heterocycles. The number of benzene rings is 1. The number of hydrogen-bond donors (Lipinski definition) is 2. The van der Waals surface area contributed by atoms with Crippen molar-refractivity contribution in [3.8, 4) is 10.6 Å². The Bertz CT molecular complexity index is 693. The van der Waals surface area contributed by atoms with E-state index in [4.69, 9.17) is 0 Å². The summed E-state index contributed by atoms with van der Waals surface area (Å²) in [7, 11) is 0. The van der Waals surface area contributed by atoms with Crippen LogP contribution in [-0.4, -0.2) is 28.1 Å². The fourth-order valence-corrected chi connectivity index (χ4v) is 3.40. The van der Waals surface area contributed by atoms with Crippen LogP contribution in [0.4, 0.5) is 4.39 Å². The summed E-state index contributed by atoms with van der Waals surface area (Å²) in [5.74, 6) is -0.521. The molecule has 1 amide bonds. The molecule has 0 atom stereocenters. The van der Waals surface area contributed by atoms with Crippen LogP contribution in [0.5, 0.6) is 0 Å². The molecule has 1 fully saturated rings. The first-order valence-electron chi connectivity index (χ1n) is 7.21. The fourth-order valence-electron chi connectivity index (χ4n) is 2.41. The maximum atomic E-state index is 13.0. The molecule has 1 aliphatic rings. The molecule has 1 aromatic heterocycles. The number of halogens is 1. The average molecular weight is 320 g/mol. The molecule has 0 bridgehead atoms. The Kier molecular flexibility index (Phi) is 3.97. The first-order chi connectivity index (χ1) is 10.5. The number of carbonyl (C=O) groups is 1. The number of aryl methyl sites for hydroxylation is 1. The van der Waals surface area contributed by atoms with Crippen molar-refractivity contribution in [2.24, 2.45) is 0 Å². The first kappa shape index (κ1) is 15.1. The summed E-state index contributed by atoms with van der Waals surface area (Å²) >= 11 is 1.28. The number of nitrogens with one attached hydrogen (secondary N) is 1. The maximum Gasteiger partial charge on any atom is 0.263 e. The van der Waals surface area contributed by atoms with E-state index in [0.29, 0.717) is 15.6 Å². The van der Waals surface area contributed by atoms with Crippen molar-refractivity contribution in [3.63, 3.8) is 0 Å². The van der Waals surface area contributed by atoms with Gasteiger partial charge in [-0.15, -0.1) is 11.3 Å². The molecule has 2 N–H and O–H groups in total. The third kappa shape index (κ3) is 3.03. The van der Waals surface area contributed by atoms with Gasteiger partial charge in [-0.1, -0.05) is 0 Å². The molecule has 4 nitrogen and oxygen atoms in total. The number of hydrogen-bond acceptors (Lipinski definition) is 4. The van der Waals surface area contributed by atoms with Crippen LogP contribution in [0.15, 0.2) is 24.3 Å². The molecule has 116 valence electrons. The lowest BCUT2D eigenvalue weighted by atomic mass is 9.80. The summed E-state index contributed by atoms with van der Waals surface area (Å²) in [4.78, 5) is 17.2. The van der Waals surface area contributed by atoms with Gasteiger partial charge in [0.1, 0.15) is 15.7 Å². The molecule has 0 aliphatic heterocycles. The second kappa shape index (κ2) is 5.78. The zero-order valence-corrected chi connectivity index (χ0v) is 13.0. The van der Waals surface area contributed by atoms with Crippen molar-refractivity contribution in [2.45, 2.75) is 31.8 Å². The monoisotopic (exact) mass is 320 g/mol. The van der Waals surface area contributed by atoms with Gasteiger partial charge in [-0.3, -0.25) is 4.79 Å².